The van der Waals surface area contributed by atoms with Gasteiger partial charge in [0.15, 0.2) is 5.58 Å². The zero-order valence-corrected chi connectivity index (χ0v) is 10.1. The van der Waals surface area contributed by atoms with Gasteiger partial charge in [-0.05, 0) is 18.6 Å². The maximum atomic E-state index is 5.67. The lowest BCUT2D eigenvalue weighted by Crippen LogP contribution is -1.95. The predicted molar refractivity (Wildman–Crippen MR) is 67.6 cm³/mol. The molecule has 0 saturated carbocycles. The fraction of sp³-hybridized carbons (Fsp3) is 0.462. The van der Waals surface area contributed by atoms with Gasteiger partial charge in [0.1, 0.15) is 12.1 Å². The van der Waals surface area contributed by atoms with E-state index in [9.17, 15) is 0 Å². The Bertz CT molecular complexity index is 479. The van der Waals surface area contributed by atoms with Crippen LogP contribution in [0.2, 0.25) is 0 Å². The van der Waals surface area contributed by atoms with Crippen LogP contribution in [-0.2, 0) is 11.3 Å². The van der Waals surface area contributed by atoms with Crippen LogP contribution in [0.5, 0.6) is 0 Å². The fourth-order valence-electron chi connectivity index (χ4n) is 1.66. The molecule has 1 aromatic heterocycles. The zero-order chi connectivity index (χ0) is 12.1. The van der Waals surface area contributed by atoms with E-state index in [0.717, 1.165) is 24.1 Å². The van der Waals surface area contributed by atoms with Crippen molar-refractivity contribution in [2.45, 2.75) is 32.8 Å². The first-order chi connectivity index (χ1) is 8.29. The highest BCUT2D eigenvalue weighted by molar-refractivity contribution is 5.76. The summed E-state index contributed by atoms with van der Waals surface area (Å²) in [6, 6.07) is 5.45. The molecule has 4 heteroatoms. The Kier molecular flexibility index (Phi) is 3.98. The van der Waals surface area contributed by atoms with Gasteiger partial charge < -0.3 is 14.9 Å². The van der Waals surface area contributed by atoms with E-state index in [4.69, 9.17) is 14.9 Å². The molecule has 17 heavy (non-hydrogen) atoms. The van der Waals surface area contributed by atoms with Crippen molar-refractivity contribution in [3.8, 4) is 0 Å². The summed E-state index contributed by atoms with van der Waals surface area (Å²) in [5.74, 6) is 0.613. The van der Waals surface area contributed by atoms with Crippen LogP contribution in [0, 0.1) is 0 Å². The Morgan fingerprint density at radius 3 is 3.06 bits per heavy atom. The molecule has 0 unspecified atom stereocenters. The van der Waals surface area contributed by atoms with E-state index < -0.39 is 0 Å². The normalized spacial score (nSPS) is 11.1. The van der Waals surface area contributed by atoms with Gasteiger partial charge in [0.25, 0.3) is 0 Å². The number of nitrogen functional groups attached to an aromatic ring is 1. The van der Waals surface area contributed by atoms with Crippen LogP contribution in [0.4, 0.5) is 5.69 Å². The predicted octanol–water partition coefficient (Wildman–Crippen LogP) is 3.12. The summed E-state index contributed by atoms with van der Waals surface area (Å²) in [4.78, 5) is 4.32. The minimum absolute atomic E-state index is 0.429. The first kappa shape index (κ1) is 11.9. The van der Waals surface area contributed by atoms with Gasteiger partial charge in [0, 0.05) is 18.4 Å². The third-order valence-electron chi connectivity index (χ3n) is 2.57. The average Bonchev–Trinajstić information content (AvgIpc) is 2.70. The number of hydrogen-bond acceptors (Lipinski definition) is 4. The third kappa shape index (κ3) is 3.20. The average molecular weight is 234 g/mol. The van der Waals surface area contributed by atoms with Crippen LogP contribution < -0.4 is 5.73 Å². The molecule has 1 heterocycles. The van der Waals surface area contributed by atoms with Crippen molar-refractivity contribution >= 4 is 16.8 Å². The van der Waals surface area contributed by atoms with Crippen LogP contribution in [0.25, 0.3) is 11.1 Å². The lowest BCUT2D eigenvalue weighted by molar-refractivity contribution is 0.100. The van der Waals surface area contributed by atoms with Crippen LogP contribution in [0.3, 0.4) is 0 Å². The molecule has 0 amide bonds. The summed E-state index contributed by atoms with van der Waals surface area (Å²) in [5, 5.41) is 0. The highest BCUT2D eigenvalue weighted by atomic mass is 16.5. The lowest BCUT2D eigenvalue weighted by Gasteiger charge is -1.99. The number of benzene rings is 1. The fourth-order valence-corrected chi connectivity index (χ4v) is 1.66. The van der Waals surface area contributed by atoms with E-state index >= 15 is 0 Å². The van der Waals surface area contributed by atoms with Crippen molar-refractivity contribution in [1.82, 2.24) is 4.98 Å². The van der Waals surface area contributed by atoms with E-state index in [2.05, 4.69) is 11.9 Å². The number of oxazole rings is 1. The second-order valence-corrected chi connectivity index (χ2v) is 4.09. The van der Waals surface area contributed by atoms with Gasteiger partial charge in [-0.25, -0.2) is 4.98 Å². The minimum Gasteiger partial charge on any atom is -0.438 e. The van der Waals surface area contributed by atoms with Gasteiger partial charge in [0.2, 0.25) is 5.89 Å². The molecule has 0 saturated heterocycles. The second-order valence-electron chi connectivity index (χ2n) is 4.09. The topological polar surface area (TPSA) is 61.3 Å². The van der Waals surface area contributed by atoms with Crippen molar-refractivity contribution in [2.75, 3.05) is 12.3 Å². The number of unbranched alkanes of at least 4 members (excludes halogenated alkanes) is 2. The maximum Gasteiger partial charge on any atom is 0.221 e. The number of ether oxygens (including phenoxy) is 1. The van der Waals surface area contributed by atoms with Crippen LogP contribution >= 0.6 is 0 Å². The first-order valence-corrected chi connectivity index (χ1v) is 6.02. The Hall–Kier alpha value is -1.55. The summed E-state index contributed by atoms with van der Waals surface area (Å²) in [6.07, 6.45) is 3.49. The SMILES string of the molecule is CCCCCOCc1nc2ccc(N)cc2o1. The van der Waals surface area contributed by atoms with Crippen LogP contribution in [-0.4, -0.2) is 11.6 Å². The molecule has 0 aliphatic heterocycles. The van der Waals surface area contributed by atoms with E-state index in [1.807, 2.05) is 12.1 Å². The monoisotopic (exact) mass is 234 g/mol. The standard InChI is InChI=1S/C13H18N2O2/c1-2-3-4-7-16-9-13-15-11-6-5-10(14)8-12(11)17-13/h5-6,8H,2-4,7,9,14H2,1H3. The van der Waals surface area contributed by atoms with E-state index in [0.29, 0.717) is 18.2 Å². The smallest absolute Gasteiger partial charge is 0.221 e. The van der Waals surface area contributed by atoms with Gasteiger partial charge in [-0.15, -0.1) is 0 Å². The van der Waals surface area contributed by atoms with Gasteiger partial charge >= 0.3 is 0 Å². The maximum absolute atomic E-state index is 5.67. The molecule has 0 atom stereocenters. The number of rotatable bonds is 6. The van der Waals surface area contributed by atoms with E-state index in [1.54, 1.807) is 6.07 Å². The molecular formula is C13H18N2O2. The molecular weight excluding hydrogens is 216 g/mol. The van der Waals surface area contributed by atoms with Gasteiger partial charge in [-0.2, -0.15) is 0 Å². The van der Waals surface area contributed by atoms with E-state index in [1.165, 1.54) is 12.8 Å². The Morgan fingerprint density at radius 1 is 1.35 bits per heavy atom. The summed E-state index contributed by atoms with van der Waals surface area (Å²) < 4.78 is 11.0. The van der Waals surface area contributed by atoms with Crippen molar-refractivity contribution in [3.05, 3.63) is 24.1 Å². The van der Waals surface area contributed by atoms with Crippen molar-refractivity contribution in [2.24, 2.45) is 0 Å². The number of anilines is 1. The zero-order valence-electron chi connectivity index (χ0n) is 10.1. The highest BCUT2D eigenvalue weighted by Gasteiger charge is 2.05. The van der Waals surface area contributed by atoms with Gasteiger partial charge in [-0.3, -0.25) is 0 Å². The number of hydrogen-bond donors (Lipinski definition) is 1. The second kappa shape index (κ2) is 5.68. The highest BCUT2D eigenvalue weighted by Crippen LogP contribution is 2.18. The number of nitrogens with zero attached hydrogens (tertiary/aromatic N) is 1. The lowest BCUT2D eigenvalue weighted by atomic mass is 10.3. The molecule has 2 N–H and O–H groups in total. The number of fused-ring (bicyclic) bond motifs is 1. The first-order valence-electron chi connectivity index (χ1n) is 6.02. The minimum atomic E-state index is 0.429. The molecule has 0 radical (unpaired) electrons. The number of nitrogens with two attached hydrogens (primary N) is 1. The largest absolute Gasteiger partial charge is 0.438 e. The molecule has 4 nitrogen and oxygen atoms in total. The molecule has 0 fully saturated rings. The summed E-state index contributed by atoms with van der Waals surface area (Å²) in [6.45, 7) is 3.36. The summed E-state index contributed by atoms with van der Waals surface area (Å²) in [5.41, 5.74) is 7.90. The Balaban J connectivity index is 1.91. The quantitative estimate of drug-likeness (QED) is 0.616. The van der Waals surface area contributed by atoms with E-state index in [-0.39, 0.29) is 0 Å². The molecule has 2 aromatic rings. The van der Waals surface area contributed by atoms with Crippen molar-refractivity contribution in [3.63, 3.8) is 0 Å². The number of aromatic nitrogens is 1. The van der Waals surface area contributed by atoms with Crippen molar-refractivity contribution < 1.29 is 9.15 Å². The molecule has 92 valence electrons. The van der Waals surface area contributed by atoms with Crippen molar-refractivity contribution in [1.29, 1.82) is 0 Å². The molecule has 1 aromatic carbocycles. The van der Waals surface area contributed by atoms with Crippen LogP contribution in [0.15, 0.2) is 22.6 Å². The molecule has 0 spiro atoms. The van der Waals surface area contributed by atoms with Gasteiger partial charge in [-0.1, -0.05) is 19.8 Å². The molecule has 2 rings (SSSR count). The summed E-state index contributed by atoms with van der Waals surface area (Å²) >= 11 is 0. The summed E-state index contributed by atoms with van der Waals surface area (Å²) in [7, 11) is 0. The van der Waals surface area contributed by atoms with Crippen LogP contribution in [0.1, 0.15) is 32.1 Å². The molecule has 0 bridgehead atoms. The third-order valence-corrected chi connectivity index (χ3v) is 2.57. The van der Waals surface area contributed by atoms with Gasteiger partial charge in [0.05, 0.1) is 0 Å². The molecule has 0 aliphatic carbocycles. The molecule has 0 aliphatic rings. The Labute approximate surface area is 101 Å². The Morgan fingerprint density at radius 2 is 2.24 bits per heavy atom.